The number of fused-ring (bicyclic) bond motifs is 1. The highest BCUT2D eigenvalue weighted by molar-refractivity contribution is 6.24. The zero-order chi connectivity index (χ0) is 19.8. The average Bonchev–Trinajstić information content (AvgIpc) is 3.18. The van der Waals surface area contributed by atoms with Gasteiger partial charge in [0.25, 0.3) is 11.8 Å². The molecule has 0 saturated carbocycles. The smallest absolute Gasteiger partial charge is 0.262 e. The molecule has 0 aromatic heterocycles. The molecule has 8 heteroatoms. The molecule has 148 valence electrons. The van der Waals surface area contributed by atoms with Crippen molar-refractivity contribution in [3.8, 4) is 0 Å². The summed E-state index contributed by atoms with van der Waals surface area (Å²) in [7, 11) is 0. The molecular weight excluding hydrogens is 360 g/mol. The van der Waals surface area contributed by atoms with Crippen LogP contribution in [0.3, 0.4) is 0 Å². The van der Waals surface area contributed by atoms with Gasteiger partial charge in [-0.1, -0.05) is 19.1 Å². The van der Waals surface area contributed by atoms with Gasteiger partial charge in [-0.05, 0) is 49.5 Å². The lowest BCUT2D eigenvalue weighted by Gasteiger charge is -2.27. The maximum atomic E-state index is 13.0. The van der Waals surface area contributed by atoms with Gasteiger partial charge < -0.3 is 10.6 Å². The fourth-order valence-electron chi connectivity index (χ4n) is 4.26. The van der Waals surface area contributed by atoms with Crippen LogP contribution in [-0.4, -0.2) is 54.2 Å². The molecule has 8 nitrogen and oxygen atoms in total. The summed E-state index contributed by atoms with van der Waals surface area (Å²) < 4.78 is 0. The number of nitrogens with one attached hydrogen (secondary N) is 3. The molecule has 3 aliphatic rings. The summed E-state index contributed by atoms with van der Waals surface area (Å²) in [5, 5.41) is 8.99. The van der Waals surface area contributed by atoms with E-state index >= 15 is 0 Å². The first-order valence-corrected chi connectivity index (χ1v) is 9.72. The second-order valence-corrected chi connectivity index (χ2v) is 7.81. The summed E-state index contributed by atoms with van der Waals surface area (Å²) in [5.41, 5.74) is 1.44. The van der Waals surface area contributed by atoms with E-state index in [1.807, 2.05) is 6.07 Å². The van der Waals surface area contributed by atoms with Gasteiger partial charge in [0.15, 0.2) is 0 Å². The van der Waals surface area contributed by atoms with Crippen LogP contribution >= 0.6 is 0 Å². The Bertz CT molecular complexity index is 853. The van der Waals surface area contributed by atoms with Crippen molar-refractivity contribution in [2.24, 2.45) is 11.8 Å². The summed E-state index contributed by atoms with van der Waals surface area (Å²) in [5.74, 6) is -0.756. The first kappa shape index (κ1) is 18.8. The molecule has 1 aromatic carbocycles. The molecule has 3 atom stereocenters. The normalized spacial score (nSPS) is 27.3. The van der Waals surface area contributed by atoms with E-state index in [-0.39, 0.29) is 18.7 Å². The third kappa shape index (κ3) is 3.22. The second-order valence-electron chi connectivity index (χ2n) is 7.81. The Hall–Kier alpha value is -2.58. The monoisotopic (exact) mass is 384 g/mol. The van der Waals surface area contributed by atoms with Gasteiger partial charge in [0, 0.05) is 13.0 Å². The van der Waals surface area contributed by atoms with Gasteiger partial charge in [-0.25, -0.2) is 0 Å². The molecular formula is C20H24N4O4. The van der Waals surface area contributed by atoms with Gasteiger partial charge in [-0.3, -0.25) is 29.4 Å². The van der Waals surface area contributed by atoms with E-state index in [0.29, 0.717) is 29.5 Å². The van der Waals surface area contributed by atoms with E-state index in [0.717, 1.165) is 30.1 Å². The van der Waals surface area contributed by atoms with Crippen molar-refractivity contribution in [2.75, 3.05) is 19.6 Å². The number of amides is 4. The van der Waals surface area contributed by atoms with Gasteiger partial charge in [-0.2, -0.15) is 0 Å². The van der Waals surface area contributed by atoms with Crippen molar-refractivity contribution in [3.05, 3.63) is 34.9 Å². The van der Waals surface area contributed by atoms with Crippen LogP contribution < -0.4 is 16.0 Å². The topological polar surface area (TPSA) is 108 Å². The molecule has 1 aromatic rings. The Morgan fingerprint density at radius 3 is 2.68 bits per heavy atom. The summed E-state index contributed by atoms with van der Waals surface area (Å²) >= 11 is 0. The van der Waals surface area contributed by atoms with Crippen molar-refractivity contribution in [1.29, 1.82) is 0 Å². The lowest BCUT2D eigenvalue weighted by molar-refractivity contribution is -0.136. The minimum absolute atomic E-state index is 0.117. The van der Waals surface area contributed by atoms with Gasteiger partial charge >= 0.3 is 0 Å². The molecule has 3 heterocycles. The minimum Gasteiger partial charge on any atom is -0.316 e. The number of rotatable bonds is 5. The number of imide groups is 2. The number of benzene rings is 1. The quantitative estimate of drug-likeness (QED) is 0.619. The van der Waals surface area contributed by atoms with Crippen LogP contribution in [0.15, 0.2) is 18.2 Å². The molecule has 0 bridgehead atoms. The third-order valence-corrected chi connectivity index (χ3v) is 5.95. The van der Waals surface area contributed by atoms with Crippen LogP contribution in [0, 0.1) is 11.8 Å². The number of nitrogens with zero attached hydrogens (tertiary/aromatic N) is 1. The van der Waals surface area contributed by atoms with E-state index in [4.69, 9.17) is 0 Å². The predicted octanol–water partition coefficient (Wildman–Crippen LogP) is 0.0329. The largest absolute Gasteiger partial charge is 0.316 e. The van der Waals surface area contributed by atoms with Crippen LogP contribution in [0.4, 0.5) is 0 Å². The lowest BCUT2D eigenvalue weighted by Crippen LogP contribution is -2.54. The fraction of sp³-hybridized carbons (Fsp3) is 0.500. The lowest BCUT2D eigenvalue weighted by atomic mass is 9.98. The van der Waals surface area contributed by atoms with Crippen molar-refractivity contribution in [1.82, 2.24) is 20.9 Å². The van der Waals surface area contributed by atoms with Crippen LogP contribution in [0.1, 0.15) is 46.0 Å². The fourth-order valence-corrected chi connectivity index (χ4v) is 4.26. The summed E-state index contributed by atoms with van der Waals surface area (Å²) in [6.45, 7) is 5.51. The van der Waals surface area contributed by atoms with E-state index in [1.165, 1.54) is 0 Å². The average molecular weight is 384 g/mol. The highest BCUT2D eigenvalue weighted by Crippen LogP contribution is 2.30. The van der Waals surface area contributed by atoms with Crippen molar-refractivity contribution in [3.63, 3.8) is 0 Å². The van der Waals surface area contributed by atoms with Crippen LogP contribution in [0.5, 0.6) is 0 Å². The summed E-state index contributed by atoms with van der Waals surface area (Å²) in [6.07, 6.45) is 0.280. The van der Waals surface area contributed by atoms with Gasteiger partial charge in [-0.15, -0.1) is 0 Å². The van der Waals surface area contributed by atoms with Crippen molar-refractivity contribution < 1.29 is 19.2 Å². The van der Waals surface area contributed by atoms with E-state index in [9.17, 15) is 19.2 Å². The van der Waals surface area contributed by atoms with Gasteiger partial charge in [0.05, 0.1) is 11.1 Å². The maximum Gasteiger partial charge on any atom is 0.262 e. The van der Waals surface area contributed by atoms with Crippen molar-refractivity contribution in [2.45, 2.75) is 32.4 Å². The molecule has 4 rings (SSSR count). The predicted molar refractivity (Wildman–Crippen MR) is 100 cm³/mol. The number of hydrogen-bond acceptors (Lipinski definition) is 6. The van der Waals surface area contributed by atoms with Crippen LogP contribution in [0.2, 0.25) is 0 Å². The van der Waals surface area contributed by atoms with Gasteiger partial charge in [0.2, 0.25) is 11.8 Å². The Morgan fingerprint density at radius 2 is 1.96 bits per heavy atom. The maximum absolute atomic E-state index is 13.0. The van der Waals surface area contributed by atoms with Gasteiger partial charge in [0.1, 0.15) is 6.04 Å². The second kappa shape index (κ2) is 7.44. The molecule has 3 N–H and O–H groups in total. The molecule has 4 amide bonds. The Labute approximate surface area is 163 Å². The zero-order valence-electron chi connectivity index (χ0n) is 15.8. The molecule has 3 aliphatic heterocycles. The van der Waals surface area contributed by atoms with E-state index in [2.05, 4.69) is 22.9 Å². The molecule has 2 fully saturated rings. The third-order valence-electron chi connectivity index (χ3n) is 5.95. The van der Waals surface area contributed by atoms with Crippen LogP contribution in [-0.2, 0) is 16.1 Å². The number of carbonyl (C=O) groups is 4. The first-order chi connectivity index (χ1) is 13.5. The molecule has 1 unspecified atom stereocenters. The minimum atomic E-state index is -0.934. The van der Waals surface area contributed by atoms with Crippen LogP contribution in [0.25, 0.3) is 0 Å². The Balaban J connectivity index is 1.51. The summed E-state index contributed by atoms with van der Waals surface area (Å²) in [6, 6.07) is 4.28. The number of hydrogen-bond donors (Lipinski definition) is 3. The molecule has 28 heavy (non-hydrogen) atoms. The van der Waals surface area contributed by atoms with E-state index in [1.54, 1.807) is 12.1 Å². The highest BCUT2D eigenvalue weighted by atomic mass is 16.2. The first-order valence-electron chi connectivity index (χ1n) is 9.72. The molecule has 2 saturated heterocycles. The highest BCUT2D eigenvalue weighted by Gasteiger charge is 2.45. The Kier molecular flexibility index (Phi) is 4.99. The number of piperidine rings is 1. The molecule has 0 spiro atoms. The Morgan fingerprint density at radius 1 is 1.14 bits per heavy atom. The standard InChI is InChI=1S/C20H24N4O4/c1-11-7-21-9-13(11)10-22-8-12-3-2-4-14-17(12)20(28)24(19(14)27)15-5-6-16(25)23-18(15)26/h2-4,11,13,15,21-22H,5-10H2,1H3,(H,23,25,26)/t11-,13+,15?/m1/s1. The summed E-state index contributed by atoms with van der Waals surface area (Å²) in [4.78, 5) is 50.4. The number of carbonyl (C=O) groups excluding carboxylic acids is 4. The van der Waals surface area contributed by atoms with Crippen molar-refractivity contribution >= 4 is 23.6 Å². The zero-order valence-corrected chi connectivity index (χ0v) is 15.8. The molecule has 0 radical (unpaired) electrons. The van der Waals surface area contributed by atoms with E-state index < -0.39 is 23.8 Å². The molecule has 0 aliphatic carbocycles. The SMILES string of the molecule is C[C@@H]1CNC[C@H]1CNCc1cccc2c1C(=O)N(C1CCC(=O)NC1=O)C2=O.